The van der Waals surface area contributed by atoms with Gasteiger partial charge in [0.2, 0.25) is 0 Å². The summed E-state index contributed by atoms with van der Waals surface area (Å²) in [6.45, 7) is 9.89. The highest BCUT2D eigenvalue weighted by Gasteiger charge is 2.14. The minimum Gasteiger partial charge on any atom is -0.426 e. The predicted molar refractivity (Wildman–Crippen MR) is 97.9 cm³/mol. The fraction of sp³-hybridized carbons (Fsp3) is 0.421. The SMILES string of the molecule is CSc1nc(C)c(CCC(=O)Oc2c(C)cc(C)cc2C)c(C)n1. The standard InChI is InChI=1S/C19H24N2O2S/c1-11-9-12(2)18(13(3)10-11)23-17(22)8-7-16-14(4)20-19(24-6)21-15(16)5/h9-10H,7-8H2,1-6H3. The monoisotopic (exact) mass is 344 g/mol. The second kappa shape index (κ2) is 7.79. The first-order valence-electron chi connectivity index (χ1n) is 7.98. The molecule has 0 N–H and O–H groups in total. The average Bonchev–Trinajstić information content (AvgIpc) is 2.49. The zero-order valence-corrected chi connectivity index (χ0v) is 16.0. The van der Waals surface area contributed by atoms with Crippen molar-refractivity contribution in [3.05, 3.63) is 45.8 Å². The number of benzene rings is 1. The summed E-state index contributed by atoms with van der Waals surface area (Å²) in [6, 6.07) is 4.05. The molecule has 4 nitrogen and oxygen atoms in total. The lowest BCUT2D eigenvalue weighted by atomic mass is 10.1. The first kappa shape index (κ1) is 18.5. The van der Waals surface area contributed by atoms with Crippen LogP contribution in [0, 0.1) is 34.6 Å². The van der Waals surface area contributed by atoms with Crippen molar-refractivity contribution < 1.29 is 9.53 Å². The zero-order valence-electron chi connectivity index (χ0n) is 15.2. The van der Waals surface area contributed by atoms with Crippen LogP contribution in [-0.4, -0.2) is 22.2 Å². The molecule has 0 aliphatic carbocycles. The van der Waals surface area contributed by atoms with E-state index in [1.54, 1.807) is 0 Å². The molecule has 0 spiro atoms. The van der Waals surface area contributed by atoms with E-state index in [1.807, 2.05) is 53.0 Å². The van der Waals surface area contributed by atoms with E-state index < -0.39 is 0 Å². The first-order chi connectivity index (χ1) is 11.3. The number of hydrogen-bond donors (Lipinski definition) is 0. The van der Waals surface area contributed by atoms with Gasteiger partial charge < -0.3 is 4.74 Å². The Kier molecular flexibility index (Phi) is 5.99. The van der Waals surface area contributed by atoms with E-state index in [0.29, 0.717) is 18.6 Å². The summed E-state index contributed by atoms with van der Waals surface area (Å²) < 4.78 is 5.59. The molecule has 0 unspecified atom stereocenters. The summed E-state index contributed by atoms with van der Waals surface area (Å²) >= 11 is 1.52. The van der Waals surface area contributed by atoms with E-state index in [1.165, 1.54) is 17.3 Å². The van der Waals surface area contributed by atoms with Gasteiger partial charge in [0.15, 0.2) is 5.16 Å². The molecule has 0 atom stereocenters. The van der Waals surface area contributed by atoms with Crippen LogP contribution in [0.5, 0.6) is 5.75 Å². The molecule has 24 heavy (non-hydrogen) atoms. The smallest absolute Gasteiger partial charge is 0.311 e. The van der Waals surface area contributed by atoms with Crippen molar-refractivity contribution in [1.29, 1.82) is 0 Å². The van der Waals surface area contributed by atoms with Gasteiger partial charge in [-0.3, -0.25) is 4.79 Å². The largest absolute Gasteiger partial charge is 0.426 e. The van der Waals surface area contributed by atoms with Gasteiger partial charge in [-0.25, -0.2) is 9.97 Å². The van der Waals surface area contributed by atoms with Crippen LogP contribution in [0.4, 0.5) is 0 Å². The minimum atomic E-state index is -0.224. The van der Waals surface area contributed by atoms with Crippen molar-refractivity contribution >= 4 is 17.7 Å². The average molecular weight is 344 g/mol. The number of aryl methyl sites for hydroxylation is 5. The Hall–Kier alpha value is -1.88. The lowest BCUT2D eigenvalue weighted by Gasteiger charge is -2.13. The van der Waals surface area contributed by atoms with Crippen molar-refractivity contribution in [3.63, 3.8) is 0 Å². The molecular formula is C19H24N2O2S. The number of carbonyl (C=O) groups excluding carboxylic acids is 1. The predicted octanol–water partition coefficient (Wildman–Crippen LogP) is 4.28. The molecule has 2 aromatic rings. The molecule has 5 heteroatoms. The first-order valence-corrected chi connectivity index (χ1v) is 9.21. The van der Waals surface area contributed by atoms with E-state index in [0.717, 1.165) is 33.2 Å². The maximum atomic E-state index is 12.3. The van der Waals surface area contributed by atoms with Gasteiger partial charge in [0.1, 0.15) is 5.75 Å². The van der Waals surface area contributed by atoms with Crippen LogP contribution in [0.1, 0.15) is 40.1 Å². The second-order valence-electron chi connectivity index (χ2n) is 6.06. The maximum Gasteiger partial charge on any atom is 0.311 e. The maximum absolute atomic E-state index is 12.3. The molecule has 0 saturated heterocycles. The van der Waals surface area contributed by atoms with E-state index >= 15 is 0 Å². The molecule has 0 fully saturated rings. The number of nitrogens with zero attached hydrogens (tertiary/aromatic N) is 2. The summed E-state index contributed by atoms with van der Waals surface area (Å²) in [5.74, 6) is 0.450. The molecule has 1 aromatic heterocycles. The Morgan fingerprint density at radius 2 is 1.58 bits per heavy atom. The van der Waals surface area contributed by atoms with Gasteiger partial charge >= 0.3 is 5.97 Å². The fourth-order valence-corrected chi connectivity index (χ4v) is 3.34. The van der Waals surface area contributed by atoms with E-state index in [4.69, 9.17) is 4.74 Å². The molecular weight excluding hydrogens is 320 g/mol. The number of ether oxygens (including phenoxy) is 1. The van der Waals surface area contributed by atoms with Gasteiger partial charge in [0.25, 0.3) is 0 Å². The fourth-order valence-electron chi connectivity index (χ4n) is 2.88. The lowest BCUT2D eigenvalue weighted by Crippen LogP contribution is -2.12. The molecule has 0 aliphatic rings. The van der Waals surface area contributed by atoms with Gasteiger partial charge in [-0.2, -0.15) is 0 Å². The van der Waals surface area contributed by atoms with Crippen LogP contribution in [-0.2, 0) is 11.2 Å². The van der Waals surface area contributed by atoms with Crippen molar-refractivity contribution in [2.45, 2.75) is 52.6 Å². The van der Waals surface area contributed by atoms with Crippen LogP contribution in [0.3, 0.4) is 0 Å². The Morgan fingerprint density at radius 3 is 2.08 bits per heavy atom. The normalized spacial score (nSPS) is 10.8. The van der Waals surface area contributed by atoms with Gasteiger partial charge in [-0.15, -0.1) is 0 Å². The molecule has 0 radical (unpaired) electrons. The highest BCUT2D eigenvalue weighted by atomic mass is 32.2. The van der Waals surface area contributed by atoms with Crippen LogP contribution in [0.2, 0.25) is 0 Å². The Bertz CT molecular complexity index is 726. The molecule has 0 amide bonds. The quantitative estimate of drug-likeness (QED) is 0.351. The number of esters is 1. The minimum absolute atomic E-state index is 0.224. The molecule has 1 heterocycles. The third-order valence-corrected chi connectivity index (χ3v) is 4.53. The van der Waals surface area contributed by atoms with Gasteiger partial charge in [0, 0.05) is 11.4 Å². The summed E-state index contributed by atoms with van der Waals surface area (Å²) in [6.07, 6.45) is 2.86. The third-order valence-electron chi connectivity index (χ3n) is 3.98. The molecule has 0 saturated carbocycles. The second-order valence-corrected chi connectivity index (χ2v) is 6.83. The summed E-state index contributed by atoms with van der Waals surface area (Å²) in [7, 11) is 0. The Labute approximate surface area is 148 Å². The summed E-state index contributed by atoms with van der Waals surface area (Å²) in [4.78, 5) is 21.2. The molecule has 2 rings (SSSR count). The van der Waals surface area contributed by atoms with Gasteiger partial charge in [-0.05, 0) is 64.0 Å². The van der Waals surface area contributed by atoms with Crippen LogP contribution in [0.15, 0.2) is 17.3 Å². The van der Waals surface area contributed by atoms with E-state index in [2.05, 4.69) is 9.97 Å². The summed E-state index contributed by atoms with van der Waals surface area (Å²) in [5, 5.41) is 0.766. The molecule has 128 valence electrons. The zero-order chi connectivity index (χ0) is 17.9. The van der Waals surface area contributed by atoms with Crippen LogP contribution < -0.4 is 4.74 Å². The highest BCUT2D eigenvalue weighted by molar-refractivity contribution is 7.98. The lowest BCUT2D eigenvalue weighted by molar-refractivity contribution is -0.134. The number of hydrogen-bond acceptors (Lipinski definition) is 5. The molecule has 1 aromatic carbocycles. The highest BCUT2D eigenvalue weighted by Crippen LogP contribution is 2.25. The third kappa shape index (κ3) is 4.35. The van der Waals surface area contributed by atoms with Crippen LogP contribution in [0.25, 0.3) is 0 Å². The van der Waals surface area contributed by atoms with Crippen molar-refractivity contribution in [3.8, 4) is 5.75 Å². The van der Waals surface area contributed by atoms with Crippen molar-refractivity contribution in [1.82, 2.24) is 9.97 Å². The van der Waals surface area contributed by atoms with Crippen LogP contribution >= 0.6 is 11.8 Å². The number of carbonyl (C=O) groups is 1. The topological polar surface area (TPSA) is 52.1 Å². The van der Waals surface area contributed by atoms with Gasteiger partial charge in [-0.1, -0.05) is 29.5 Å². The number of aromatic nitrogens is 2. The van der Waals surface area contributed by atoms with Gasteiger partial charge in [0.05, 0.1) is 6.42 Å². The summed E-state index contributed by atoms with van der Waals surface area (Å²) in [5.41, 5.74) is 6.04. The van der Waals surface area contributed by atoms with Crippen molar-refractivity contribution in [2.24, 2.45) is 0 Å². The molecule has 0 aliphatic heterocycles. The Morgan fingerprint density at radius 1 is 1.04 bits per heavy atom. The molecule has 0 bridgehead atoms. The Balaban J connectivity index is 2.07. The number of thioether (sulfide) groups is 1. The van der Waals surface area contributed by atoms with E-state index in [-0.39, 0.29) is 5.97 Å². The van der Waals surface area contributed by atoms with Crippen molar-refractivity contribution in [2.75, 3.05) is 6.26 Å². The number of rotatable bonds is 5. The van der Waals surface area contributed by atoms with E-state index in [9.17, 15) is 4.79 Å².